The maximum atomic E-state index is 9.48. The van der Waals surface area contributed by atoms with Crippen molar-refractivity contribution in [1.82, 2.24) is 14.6 Å². The van der Waals surface area contributed by atoms with Gasteiger partial charge in [-0.2, -0.15) is 10.4 Å². The van der Waals surface area contributed by atoms with Gasteiger partial charge in [0, 0.05) is 11.1 Å². The third kappa shape index (κ3) is 2.24. The van der Waals surface area contributed by atoms with Gasteiger partial charge in [0.25, 0.3) is 0 Å². The van der Waals surface area contributed by atoms with Crippen LogP contribution >= 0.6 is 0 Å². The van der Waals surface area contributed by atoms with Crippen LogP contribution in [0, 0.1) is 18.3 Å². The molecule has 0 unspecified atom stereocenters. The largest absolute Gasteiger partial charge is 0.227 e. The minimum atomic E-state index is 0.518. The summed E-state index contributed by atoms with van der Waals surface area (Å²) in [6, 6.07) is 24.3. The van der Waals surface area contributed by atoms with Crippen molar-refractivity contribution in [2.75, 3.05) is 0 Å². The summed E-state index contributed by atoms with van der Waals surface area (Å²) in [6.07, 6.45) is 0. The van der Waals surface area contributed by atoms with Crippen molar-refractivity contribution in [3.8, 4) is 28.6 Å². The molecule has 0 aliphatic heterocycles. The molecule has 2 aromatic heterocycles. The summed E-state index contributed by atoms with van der Waals surface area (Å²) in [5.74, 6) is 0. The molecule has 0 radical (unpaired) electrons. The van der Waals surface area contributed by atoms with Crippen LogP contribution in [0.2, 0.25) is 0 Å². The van der Waals surface area contributed by atoms with Crippen LogP contribution in [0.25, 0.3) is 28.2 Å². The van der Waals surface area contributed by atoms with E-state index in [2.05, 4.69) is 11.2 Å². The van der Waals surface area contributed by atoms with Crippen LogP contribution in [-0.2, 0) is 0 Å². The molecule has 0 saturated carbocycles. The third-order valence-electron chi connectivity index (χ3n) is 4.01. The van der Waals surface area contributed by atoms with Gasteiger partial charge in [0.15, 0.2) is 5.65 Å². The van der Waals surface area contributed by atoms with Crippen LogP contribution in [0.15, 0.2) is 66.7 Å². The first-order valence-electron chi connectivity index (χ1n) is 7.69. The minimum Gasteiger partial charge on any atom is -0.227 e. The second kappa shape index (κ2) is 5.64. The number of hydrogen-bond acceptors (Lipinski definition) is 3. The Morgan fingerprint density at radius 3 is 2.17 bits per heavy atom. The average molecular weight is 310 g/mol. The van der Waals surface area contributed by atoms with Gasteiger partial charge >= 0.3 is 0 Å². The number of nitriles is 1. The normalized spacial score (nSPS) is 10.7. The molecule has 2 aromatic carbocycles. The Kier molecular flexibility index (Phi) is 3.33. The van der Waals surface area contributed by atoms with E-state index in [1.165, 1.54) is 0 Å². The number of fused-ring (bicyclic) bond motifs is 1. The second-order valence-electron chi connectivity index (χ2n) is 5.57. The summed E-state index contributed by atoms with van der Waals surface area (Å²) >= 11 is 0. The maximum Gasteiger partial charge on any atom is 0.174 e. The number of aryl methyl sites for hydroxylation is 1. The lowest BCUT2D eigenvalue weighted by Gasteiger charge is -2.08. The lowest BCUT2D eigenvalue weighted by Crippen LogP contribution is -1.98. The highest BCUT2D eigenvalue weighted by molar-refractivity contribution is 5.74. The Bertz CT molecular complexity index is 1060. The molecule has 0 aliphatic carbocycles. The van der Waals surface area contributed by atoms with Gasteiger partial charge in [0.2, 0.25) is 0 Å². The summed E-state index contributed by atoms with van der Waals surface area (Å²) in [5.41, 5.74) is 5.60. The van der Waals surface area contributed by atoms with Crippen LogP contribution in [-0.4, -0.2) is 14.6 Å². The van der Waals surface area contributed by atoms with E-state index < -0.39 is 0 Å². The van der Waals surface area contributed by atoms with E-state index in [1.807, 2.05) is 73.7 Å². The summed E-state index contributed by atoms with van der Waals surface area (Å²) in [7, 11) is 0. The van der Waals surface area contributed by atoms with Gasteiger partial charge in [-0.25, -0.2) is 9.50 Å². The fraction of sp³-hybridized carbons (Fsp3) is 0.0500. The van der Waals surface area contributed by atoms with Gasteiger partial charge in [-0.1, -0.05) is 60.7 Å². The zero-order valence-corrected chi connectivity index (χ0v) is 13.1. The van der Waals surface area contributed by atoms with Gasteiger partial charge < -0.3 is 0 Å². The molecule has 0 bridgehead atoms. The van der Waals surface area contributed by atoms with E-state index >= 15 is 0 Å². The zero-order valence-electron chi connectivity index (χ0n) is 13.1. The van der Waals surface area contributed by atoms with Crippen LogP contribution in [0.3, 0.4) is 0 Å². The molecule has 4 aromatic rings. The first kappa shape index (κ1) is 14.2. The molecular formula is C20H14N4. The Morgan fingerprint density at radius 1 is 0.917 bits per heavy atom. The lowest BCUT2D eigenvalue weighted by molar-refractivity contribution is 0.926. The molecule has 24 heavy (non-hydrogen) atoms. The van der Waals surface area contributed by atoms with Crippen LogP contribution in [0.4, 0.5) is 0 Å². The van der Waals surface area contributed by atoms with Crippen LogP contribution in [0.1, 0.15) is 11.3 Å². The fourth-order valence-corrected chi connectivity index (χ4v) is 2.83. The van der Waals surface area contributed by atoms with E-state index in [-0.39, 0.29) is 0 Å². The number of rotatable bonds is 2. The molecule has 4 rings (SSSR count). The molecule has 0 atom stereocenters. The van der Waals surface area contributed by atoms with Crippen molar-refractivity contribution in [3.05, 3.63) is 78.0 Å². The fourth-order valence-electron chi connectivity index (χ4n) is 2.83. The molecule has 4 heteroatoms. The summed E-state index contributed by atoms with van der Waals surface area (Å²) in [6.45, 7) is 1.84. The van der Waals surface area contributed by atoms with Crippen molar-refractivity contribution in [2.45, 2.75) is 6.92 Å². The minimum absolute atomic E-state index is 0.518. The highest BCUT2D eigenvalue weighted by atomic mass is 15.3. The Labute approximate surface area is 139 Å². The molecule has 0 saturated heterocycles. The van der Waals surface area contributed by atoms with E-state index in [0.29, 0.717) is 16.9 Å². The number of benzene rings is 2. The molecular weight excluding hydrogens is 296 g/mol. The Morgan fingerprint density at radius 2 is 1.54 bits per heavy atom. The standard InChI is InChI=1S/C20H14N4/c1-14-17(13-21)20-22-18(15-8-4-2-5-9-15)12-19(24(20)23-14)16-10-6-3-7-11-16/h2-12H,1H3. The highest BCUT2D eigenvalue weighted by Crippen LogP contribution is 2.28. The molecule has 0 fully saturated rings. The molecule has 0 aliphatic rings. The van der Waals surface area contributed by atoms with Crippen molar-refractivity contribution in [3.63, 3.8) is 0 Å². The van der Waals surface area contributed by atoms with E-state index in [1.54, 1.807) is 4.52 Å². The van der Waals surface area contributed by atoms with Crippen molar-refractivity contribution in [2.24, 2.45) is 0 Å². The highest BCUT2D eigenvalue weighted by Gasteiger charge is 2.16. The quantitative estimate of drug-likeness (QED) is 0.556. The van der Waals surface area contributed by atoms with Gasteiger partial charge in [-0.3, -0.25) is 0 Å². The molecule has 0 amide bonds. The maximum absolute atomic E-state index is 9.48. The van der Waals surface area contributed by atoms with Crippen molar-refractivity contribution < 1.29 is 0 Å². The first-order valence-corrected chi connectivity index (χ1v) is 7.69. The van der Waals surface area contributed by atoms with Crippen molar-refractivity contribution >= 4 is 5.65 Å². The average Bonchev–Trinajstić information content (AvgIpc) is 2.97. The van der Waals surface area contributed by atoms with Gasteiger partial charge in [0.05, 0.1) is 17.1 Å². The molecule has 114 valence electrons. The van der Waals surface area contributed by atoms with E-state index in [9.17, 15) is 5.26 Å². The monoisotopic (exact) mass is 310 g/mol. The lowest BCUT2D eigenvalue weighted by atomic mass is 10.1. The molecule has 0 spiro atoms. The second-order valence-corrected chi connectivity index (χ2v) is 5.57. The van der Waals surface area contributed by atoms with Crippen LogP contribution < -0.4 is 0 Å². The summed E-state index contributed by atoms with van der Waals surface area (Å²) in [4.78, 5) is 4.70. The van der Waals surface area contributed by atoms with Gasteiger partial charge in [-0.15, -0.1) is 0 Å². The number of hydrogen-bond donors (Lipinski definition) is 0. The SMILES string of the molecule is Cc1nn2c(-c3ccccc3)cc(-c3ccccc3)nc2c1C#N. The first-order chi connectivity index (χ1) is 11.8. The van der Waals surface area contributed by atoms with Crippen LogP contribution in [0.5, 0.6) is 0 Å². The summed E-state index contributed by atoms with van der Waals surface area (Å²) in [5, 5.41) is 14.0. The number of aromatic nitrogens is 3. The molecule has 4 nitrogen and oxygen atoms in total. The summed E-state index contributed by atoms with van der Waals surface area (Å²) < 4.78 is 1.76. The molecule has 0 N–H and O–H groups in total. The van der Waals surface area contributed by atoms with Gasteiger partial charge in [0.1, 0.15) is 11.6 Å². The topological polar surface area (TPSA) is 54.0 Å². The zero-order chi connectivity index (χ0) is 16.5. The Balaban J connectivity index is 2.09. The smallest absolute Gasteiger partial charge is 0.174 e. The third-order valence-corrected chi connectivity index (χ3v) is 4.01. The van der Waals surface area contributed by atoms with Gasteiger partial charge in [-0.05, 0) is 13.0 Å². The van der Waals surface area contributed by atoms with E-state index in [4.69, 9.17) is 4.98 Å². The predicted molar refractivity (Wildman–Crippen MR) is 93.3 cm³/mol. The number of nitrogens with zero attached hydrogens (tertiary/aromatic N) is 4. The van der Waals surface area contributed by atoms with Crippen molar-refractivity contribution in [1.29, 1.82) is 5.26 Å². The molecule has 2 heterocycles. The van der Waals surface area contributed by atoms with E-state index in [0.717, 1.165) is 22.5 Å². The Hall–Kier alpha value is -3.45. The predicted octanol–water partition coefficient (Wildman–Crippen LogP) is 4.24.